The van der Waals surface area contributed by atoms with E-state index in [1.165, 1.54) is 11.3 Å². The first-order chi connectivity index (χ1) is 10.3. The highest BCUT2D eigenvalue weighted by Crippen LogP contribution is 2.34. The summed E-state index contributed by atoms with van der Waals surface area (Å²) < 4.78 is 5.72. The van der Waals surface area contributed by atoms with Crippen molar-refractivity contribution in [2.24, 2.45) is 0 Å². The fourth-order valence-electron chi connectivity index (χ4n) is 2.38. The lowest BCUT2D eigenvalue weighted by Gasteiger charge is -2.04. The number of hydrogen-bond donors (Lipinski definition) is 0. The summed E-state index contributed by atoms with van der Waals surface area (Å²) in [5, 5.41) is 0.858. The number of benzene rings is 2. The molecule has 0 N–H and O–H groups in total. The maximum absolute atomic E-state index is 12.7. The molecule has 3 nitrogen and oxygen atoms in total. The average molecular weight is 293 g/mol. The summed E-state index contributed by atoms with van der Waals surface area (Å²) in [6.45, 7) is 0.335. The van der Waals surface area contributed by atoms with Gasteiger partial charge in [-0.3, -0.25) is 4.79 Å². The first-order valence-electron chi connectivity index (χ1n) is 6.64. The molecule has 2 heterocycles. The van der Waals surface area contributed by atoms with E-state index in [9.17, 15) is 4.79 Å². The van der Waals surface area contributed by atoms with Crippen LogP contribution in [-0.2, 0) is 6.61 Å². The van der Waals surface area contributed by atoms with Crippen LogP contribution >= 0.6 is 11.3 Å². The van der Waals surface area contributed by atoms with E-state index >= 15 is 0 Å². The quantitative estimate of drug-likeness (QED) is 0.682. The Bertz CT molecular complexity index is 824. The van der Waals surface area contributed by atoms with E-state index in [0.717, 1.165) is 16.3 Å². The Hall–Kier alpha value is -2.46. The number of aromatic nitrogens is 1. The van der Waals surface area contributed by atoms with Crippen LogP contribution in [0.25, 0.3) is 10.6 Å². The van der Waals surface area contributed by atoms with Gasteiger partial charge in [-0.25, -0.2) is 4.98 Å². The van der Waals surface area contributed by atoms with E-state index in [-0.39, 0.29) is 5.78 Å². The highest BCUT2D eigenvalue weighted by Gasteiger charge is 2.26. The first-order valence-corrected chi connectivity index (χ1v) is 7.46. The van der Waals surface area contributed by atoms with E-state index in [4.69, 9.17) is 4.74 Å². The molecule has 0 saturated carbocycles. The van der Waals surface area contributed by atoms with Crippen LogP contribution in [0.1, 0.15) is 20.9 Å². The van der Waals surface area contributed by atoms with Crippen LogP contribution in [0.5, 0.6) is 5.75 Å². The van der Waals surface area contributed by atoms with Crippen molar-refractivity contribution in [3.05, 3.63) is 70.7 Å². The number of thiazole rings is 1. The highest BCUT2D eigenvalue weighted by molar-refractivity contribution is 7.17. The highest BCUT2D eigenvalue weighted by atomic mass is 32.1. The van der Waals surface area contributed by atoms with Crippen molar-refractivity contribution in [2.75, 3.05) is 0 Å². The van der Waals surface area contributed by atoms with Crippen LogP contribution in [0.2, 0.25) is 0 Å². The van der Waals surface area contributed by atoms with Crippen LogP contribution in [0.4, 0.5) is 0 Å². The second-order valence-corrected chi connectivity index (χ2v) is 5.77. The Morgan fingerprint density at radius 3 is 2.62 bits per heavy atom. The van der Waals surface area contributed by atoms with Crippen LogP contribution in [0.15, 0.2) is 54.6 Å². The number of para-hydroxylation sites is 1. The number of ketones is 1. The molecular formula is C17H11NO2S. The Morgan fingerprint density at radius 1 is 1.00 bits per heavy atom. The molecule has 102 valence electrons. The summed E-state index contributed by atoms with van der Waals surface area (Å²) >= 11 is 1.43. The summed E-state index contributed by atoms with van der Waals surface area (Å²) in [5.74, 6) is 0.631. The van der Waals surface area contributed by atoms with Gasteiger partial charge >= 0.3 is 0 Å². The first kappa shape index (κ1) is 12.3. The lowest BCUT2D eigenvalue weighted by molar-refractivity contribution is 0.104. The van der Waals surface area contributed by atoms with Crippen molar-refractivity contribution in [2.45, 2.75) is 6.61 Å². The molecule has 0 saturated heterocycles. The Labute approximate surface area is 125 Å². The predicted octanol–water partition coefficient (Wildman–Crippen LogP) is 3.93. The number of ether oxygens (including phenoxy) is 1. The predicted molar refractivity (Wildman–Crippen MR) is 81.8 cm³/mol. The maximum Gasteiger partial charge on any atom is 0.208 e. The van der Waals surface area contributed by atoms with Gasteiger partial charge < -0.3 is 4.74 Å². The zero-order valence-corrected chi connectivity index (χ0v) is 11.9. The van der Waals surface area contributed by atoms with Crippen molar-refractivity contribution >= 4 is 17.1 Å². The van der Waals surface area contributed by atoms with Crippen molar-refractivity contribution in [3.8, 4) is 16.3 Å². The van der Waals surface area contributed by atoms with Gasteiger partial charge in [-0.1, -0.05) is 42.5 Å². The molecule has 1 aliphatic rings. The van der Waals surface area contributed by atoms with Gasteiger partial charge in [0.15, 0.2) is 0 Å². The minimum absolute atomic E-state index is 0.00205. The number of nitrogens with zero attached hydrogens (tertiary/aromatic N) is 1. The Kier molecular flexibility index (Phi) is 2.82. The molecule has 0 atom stereocenters. The third-order valence-electron chi connectivity index (χ3n) is 3.42. The molecule has 0 unspecified atom stereocenters. The smallest absolute Gasteiger partial charge is 0.208 e. The van der Waals surface area contributed by atoms with E-state index in [0.29, 0.717) is 22.8 Å². The molecule has 0 bridgehead atoms. The molecule has 0 fully saturated rings. The average Bonchev–Trinajstić information content (AvgIpc) is 2.92. The van der Waals surface area contributed by atoms with E-state index in [2.05, 4.69) is 4.98 Å². The third kappa shape index (κ3) is 2.04. The lowest BCUT2D eigenvalue weighted by atomic mass is 10.1. The molecule has 0 aliphatic carbocycles. The molecular weight excluding hydrogens is 282 g/mol. The molecule has 3 aromatic rings. The van der Waals surface area contributed by atoms with Crippen molar-refractivity contribution in [1.29, 1.82) is 0 Å². The van der Waals surface area contributed by atoms with Gasteiger partial charge in [0.05, 0.1) is 5.56 Å². The van der Waals surface area contributed by atoms with Crippen LogP contribution in [0, 0.1) is 0 Å². The molecule has 4 rings (SSSR count). The van der Waals surface area contributed by atoms with Crippen LogP contribution in [0.3, 0.4) is 0 Å². The zero-order chi connectivity index (χ0) is 14.2. The van der Waals surface area contributed by atoms with Gasteiger partial charge in [0.2, 0.25) is 5.78 Å². The molecule has 1 aliphatic heterocycles. The summed E-state index contributed by atoms with van der Waals surface area (Å²) in [4.78, 5) is 17.9. The largest absolute Gasteiger partial charge is 0.486 e. The van der Waals surface area contributed by atoms with Gasteiger partial charge in [-0.05, 0) is 12.1 Å². The number of hydrogen-bond acceptors (Lipinski definition) is 4. The molecule has 0 amide bonds. The Balaban J connectivity index is 1.83. The Morgan fingerprint density at radius 2 is 1.76 bits per heavy atom. The second-order valence-electron chi connectivity index (χ2n) is 4.77. The van der Waals surface area contributed by atoms with E-state index in [1.807, 2.05) is 48.5 Å². The van der Waals surface area contributed by atoms with Crippen molar-refractivity contribution in [3.63, 3.8) is 0 Å². The summed E-state index contributed by atoms with van der Waals surface area (Å²) in [5.41, 5.74) is 2.36. The SMILES string of the molecule is O=C1c2ccccc2OCc2nc(-c3ccccc3)sc21. The fourth-order valence-corrected chi connectivity index (χ4v) is 3.41. The number of fused-ring (bicyclic) bond motifs is 2. The maximum atomic E-state index is 12.7. The summed E-state index contributed by atoms with van der Waals surface area (Å²) in [6, 6.07) is 17.2. The van der Waals surface area contributed by atoms with Crippen LogP contribution < -0.4 is 4.74 Å². The number of carbonyl (C=O) groups is 1. The third-order valence-corrected chi connectivity index (χ3v) is 4.57. The second kappa shape index (κ2) is 4.82. The van der Waals surface area contributed by atoms with E-state index < -0.39 is 0 Å². The normalized spacial score (nSPS) is 13.0. The molecule has 21 heavy (non-hydrogen) atoms. The minimum Gasteiger partial charge on any atom is -0.486 e. The number of carbonyl (C=O) groups excluding carboxylic acids is 1. The molecule has 2 aromatic carbocycles. The van der Waals surface area contributed by atoms with Gasteiger partial charge in [0.25, 0.3) is 0 Å². The molecule has 4 heteroatoms. The summed E-state index contributed by atoms with van der Waals surface area (Å²) in [7, 11) is 0. The molecule has 1 aromatic heterocycles. The fraction of sp³-hybridized carbons (Fsp3) is 0.0588. The number of rotatable bonds is 1. The zero-order valence-electron chi connectivity index (χ0n) is 11.1. The lowest BCUT2D eigenvalue weighted by Crippen LogP contribution is -1.99. The summed E-state index contributed by atoms with van der Waals surface area (Å²) in [6.07, 6.45) is 0. The topological polar surface area (TPSA) is 39.2 Å². The van der Waals surface area contributed by atoms with E-state index in [1.54, 1.807) is 6.07 Å². The minimum atomic E-state index is -0.00205. The van der Waals surface area contributed by atoms with Gasteiger partial charge in [-0.2, -0.15) is 0 Å². The molecule has 0 radical (unpaired) electrons. The van der Waals surface area contributed by atoms with Gasteiger partial charge in [-0.15, -0.1) is 11.3 Å². The van der Waals surface area contributed by atoms with Crippen molar-refractivity contribution in [1.82, 2.24) is 4.98 Å². The molecule has 0 spiro atoms. The monoisotopic (exact) mass is 293 g/mol. The van der Waals surface area contributed by atoms with Crippen LogP contribution in [-0.4, -0.2) is 10.8 Å². The van der Waals surface area contributed by atoms with Gasteiger partial charge in [0, 0.05) is 5.56 Å². The standard InChI is InChI=1S/C17H11NO2S/c19-15-12-8-4-5-9-14(12)20-10-13-16(15)21-17(18-13)11-6-2-1-3-7-11/h1-9H,10H2. The van der Waals surface area contributed by atoms with Crippen molar-refractivity contribution < 1.29 is 9.53 Å². The van der Waals surface area contributed by atoms with Gasteiger partial charge in [0.1, 0.15) is 27.9 Å².